The molecule has 0 aliphatic rings. The van der Waals surface area contributed by atoms with Crippen LogP contribution in [0.4, 0.5) is 13.2 Å². The number of amides is 1. The van der Waals surface area contributed by atoms with E-state index in [-0.39, 0.29) is 25.5 Å². The third-order valence-corrected chi connectivity index (χ3v) is 3.45. The van der Waals surface area contributed by atoms with Gasteiger partial charge in [0, 0.05) is 13.6 Å². The molecule has 0 unspecified atom stereocenters. The molecule has 0 aliphatic carbocycles. The second-order valence-electron chi connectivity index (χ2n) is 5.36. The third-order valence-electron chi connectivity index (χ3n) is 3.45. The summed E-state index contributed by atoms with van der Waals surface area (Å²) in [6, 6.07) is 14.0. The van der Waals surface area contributed by atoms with Gasteiger partial charge in [-0.25, -0.2) is 0 Å². The van der Waals surface area contributed by atoms with Crippen LogP contribution in [0.1, 0.15) is 17.5 Å². The highest BCUT2D eigenvalue weighted by atomic mass is 19.4. The van der Waals surface area contributed by atoms with Crippen LogP contribution in [-0.2, 0) is 17.5 Å². The second-order valence-corrected chi connectivity index (χ2v) is 5.36. The van der Waals surface area contributed by atoms with Crippen molar-refractivity contribution in [2.24, 2.45) is 0 Å². The molecule has 0 aromatic heterocycles. The topological polar surface area (TPSA) is 29.5 Å². The van der Waals surface area contributed by atoms with Crippen LogP contribution in [0.25, 0.3) is 0 Å². The van der Waals surface area contributed by atoms with Crippen molar-refractivity contribution in [2.45, 2.75) is 19.1 Å². The van der Waals surface area contributed by atoms with Crippen molar-refractivity contribution < 1.29 is 22.7 Å². The molecule has 0 bridgehead atoms. The maximum atomic E-state index is 12.5. The summed E-state index contributed by atoms with van der Waals surface area (Å²) >= 11 is 0. The molecule has 0 spiro atoms. The van der Waals surface area contributed by atoms with Gasteiger partial charge in [0.25, 0.3) is 0 Å². The molecule has 2 aromatic rings. The summed E-state index contributed by atoms with van der Waals surface area (Å²) in [6.45, 7) is 0.502. The van der Waals surface area contributed by atoms with Crippen molar-refractivity contribution in [2.75, 3.05) is 13.7 Å². The van der Waals surface area contributed by atoms with Gasteiger partial charge in [0.1, 0.15) is 5.75 Å². The minimum Gasteiger partial charge on any atom is -0.493 e. The first-order valence-electron chi connectivity index (χ1n) is 7.44. The van der Waals surface area contributed by atoms with Crippen LogP contribution in [0.15, 0.2) is 54.6 Å². The van der Waals surface area contributed by atoms with E-state index in [1.807, 2.05) is 18.2 Å². The molecule has 0 saturated carbocycles. The van der Waals surface area contributed by atoms with Gasteiger partial charge in [-0.3, -0.25) is 4.79 Å². The second kappa shape index (κ2) is 7.86. The Morgan fingerprint density at radius 3 is 2.25 bits per heavy atom. The highest BCUT2D eigenvalue weighted by Crippen LogP contribution is 2.29. The fourth-order valence-electron chi connectivity index (χ4n) is 2.12. The molecule has 0 heterocycles. The monoisotopic (exact) mass is 337 g/mol. The SMILES string of the molecule is CN(Cc1ccc(C(F)(F)F)cc1)C(=O)CCOc1ccccc1. The maximum Gasteiger partial charge on any atom is 0.416 e. The van der Waals surface area contributed by atoms with Gasteiger partial charge in [-0.2, -0.15) is 13.2 Å². The molecule has 0 radical (unpaired) electrons. The van der Waals surface area contributed by atoms with Gasteiger partial charge in [0.05, 0.1) is 18.6 Å². The zero-order chi connectivity index (χ0) is 17.6. The molecule has 2 aromatic carbocycles. The third kappa shape index (κ3) is 5.30. The van der Waals surface area contributed by atoms with Crippen molar-refractivity contribution >= 4 is 5.91 Å². The molecule has 6 heteroatoms. The summed E-state index contributed by atoms with van der Waals surface area (Å²) in [5, 5.41) is 0. The van der Waals surface area contributed by atoms with Crippen LogP contribution in [0, 0.1) is 0 Å². The lowest BCUT2D eigenvalue weighted by molar-refractivity contribution is -0.137. The molecule has 2 rings (SSSR count). The average Bonchev–Trinajstić information content (AvgIpc) is 2.55. The Bertz CT molecular complexity index is 654. The van der Waals surface area contributed by atoms with Crippen molar-refractivity contribution in [1.29, 1.82) is 0 Å². The maximum absolute atomic E-state index is 12.5. The van der Waals surface area contributed by atoms with E-state index in [1.165, 1.54) is 17.0 Å². The van der Waals surface area contributed by atoms with Crippen molar-refractivity contribution in [3.63, 3.8) is 0 Å². The largest absolute Gasteiger partial charge is 0.493 e. The molecular weight excluding hydrogens is 319 g/mol. The molecule has 0 N–H and O–H groups in total. The number of ether oxygens (including phenoxy) is 1. The highest BCUT2D eigenvalue weighted by molar-refractivity contribution is 5.76. The molecule has 128 valence electrons. The Morgan fingerprint density at radius 2 is 1.67 bits per heavy atom. The van der Waals surface area contributed by atoms with E-state index in [2.05, 4.69) is 0 Å². The molecular formula is C18H18F3NO2. The van der Waals surface area contributed by atoms with E-state index in [0.29, 0.717) is 11.3 Å². The van der Waals surface area contributed by atoms with Crippen LogP contribution in [-0.4, -0.2) is 24.5 Å². The Hall–Kier alpha value is -2.50. The number of hydrogen-bond acceptors (Lipinski definition) is 2. The quantitative estimate of drug-likeness (QED) is 0.793. The number of alkyl halides is 3. The molecule has 24 heavy (non-hydrogen) atoms. The lowest BCUT2D eigenvalue weighted by Gasteiger charge is -2.18. The van der Waals surface area contributed by atoms with Crippen LogP contribution >= 0.6 is 0 Å². The summed E-state index contributed by atoms with van der Waals surface area (Å²) in [4.78, 5) is 13.5. The van der Waals surface area contributed by atoms with Crippen molar-refractivity contribution in [1.82, 2.24) is 4.90 Å². The Kier molecular flexibility index (Phi) is 5.84. The van der Waals surface area contributed by atoms with Crippen molar-refractivity contribution in [3.05, 3.63) is 65.7 Å². The zero-order valence-corrected chi connectivity index (χ0v) is 13.2. The number of halogens is 3. The summed E-state index contributed by atoms with van der Waals surface area (Å²) in [5.74, 6) is 0.557. The van der Waals surface area contributed by atoms with Crippen molar-refractivity contribution in [3.8, 4) is 5.75 Å². The van der Waals surface area contributed by atoms with Crippen LogP contribution in [0.2, 0.25) is 0 Å². The molecule has 0 saturated heterocycles. The van der Waals surface area contributed by atoms with Gasteiger partial charge in [0.2, 0.25) is 5.91 Å². The number of rotatable bonds is 6. The van der Waals surface area contributed by atoms with E-state index >= 15 is 0 Å². The Morgan fingerprint density at radius 1 is 1.04 bits per heavy atom. The molecule has 0 fully saturated rings. The van der Waals surface area contributed by atoms with Crippen LogP contribution in [0.5, 0.6) is 5.75 Å². The predicted octanol–water partition coefficient (Wildman–Crippen LogP) is 4.13. The van der Waals surface area contributed by atoms with E-state index in [9.17, 15) is 18.0 Å². The smallest absolute Gasteiger partial charge is 0.416 e. The number of hydrogen-bond donors (Lipinski definition) is 0. The molecule has 3 nitrogen and oxygen atoms in total. The molecule has 0 atom stereocenters. The fourth-order valence-corrected chi connectivity index (χ4v) is 2.12. The minimum absolute atomic E-state index is 0.133. The lowest BCUT2D eigenvalue weighted by atomic mass is 10.1. The Balaban J connectivity index is 1.81. The van der Waals surface area contributed by atoms with Gasteiger partial charge in [-0.1, -0.05) is 30.3 Å². The first-order chi connectivity index (χ1) is 11.4. The minimum atomic E-state index is -4.35. The highest BCUT2D eigenvalue weighted by Gasteiger charge is 2.29. The summed E-state index contributed by atoms with van der Waals surface area (Å²) in [7, 11) is 1.61. The fraction of sp³-hybridized carbons (Fsp3) is 0.278. The molecule has 0 aliphatic heterocycles. The summed E-state index contributed by atoms with van der Waals surface area (Å²) < 4.78 is 43.0. The zero-order valence-electron chi connectivity index (χ0n) is 13.2. The van der Waals surface area contributed by atoms with Gasteiger partial charge >= 0.3 is 6.18 Å². The van der Waals surface area contributed by atoms with Crippen LogP contribution in [0.3, 0.4) is 0 Å². The number of benzene rings is 2. The van der Waals surface area contributed by atoms with E-state index < -0.39 is 11.7 Å². The predicted molar refractivity (Wildman–Crippen MR) is 84.5 cm³/mol. The standard InChI is InChI=1S/C18H18F3NO2/c1-22(13-14-7-9-15(10-8-14)18(19,20)21)17(23)11-12-24-16-5-3-2-4-6-16/h2-10H,11-13H2,1H3. The first-order valence-corrected chi connectivity index (χ1v) is 7.44. The normalized spacial score (nSPS) is 11.2. The van der Waals surface area contributed by atoms with Gasteiger partial charge in [-0.05, 0) is 29.8 Å². The van der Waals surface area contributed by atoms with Gasteiger partial charge in [0.15, 0.2) is 0 Å². The summed E-state index contributed by atoms with van der Waals surface area (Å²) in [5.41, 5.74) is -0.0562. The number of para-hydroxylation sites is 1. The number of nitrogens with zero attached hydrogens (tertiary/aromatic N) is 1. The number of carbonyl (C=O) groups excluding carboxylic acids is 1. The first kappa shape index (κ1) is 17.8. The average molecular weight is 337 g/mol. The van der Waals surface area contributed by atoms with E-state index in [0.717, 1.165) is 12.1 Å². The van der Waals surface area contributed by atoms with Crippen LogP contribution < -0.4 is 4.74 Å². The number of carbonyl (C=O) groups is 1. The Labute approximate surface area is 138 Å². The lowest BCUT2D eigenvalue weighted by Crippen LogP contribution is -2.27. The van der Waals surface area contributed by atoms with E-state index in [4.69, 9.17) is 4.74 Å². The molecule has 1 amide bonds. The van der Waals surface area contributed by atoms with Gasteiger partial charge < -0.3 is 9.64 Å². The summed E-state index contributed by atoms with van der Waals surface area (Å²) in [6.07, 6.45) is -4.15. The van der Waals surface area contributed by atoms with E-state index in [1.54, 1.807) is 19.2 Å². The van der Waals surface area contributed by atoms with Gasteiger partial charge in [-0.15, -0.1) is 0 Å².